The van der Waals surface area contributed by atoms with Gasteiger partial charge in [0.25, 0.3) is 0 Å². The van der Waals surface area contributed by atoms with Gasteiger partial charge in [-0.15, -0.1) is 0 Å². The molecule has 0 bridgehead atoms. The summed E-state index contributed by atoms with van der Waals surface area (Å²) in [6.07, 6.45) is 27.1. The molecular formula is C21H25N. The van der Waals surface area contributed by atoms with E-state index in [1.807, 2.05) is 0 Å². The third-order valence-electron chi connectivity index (χ3n) is 4.33. The zero-order chi connectivity index (χ0) is 15.4. The molecule has 3 rings (SSSR count). The highest BCUT2D eigenvalue weighted by Crippen LogP contribution is 2.34. The molecule has 2 aliphatic carbocycles. The SMILES string of the molecule is CC(C)=CC1=CC=CCC1/C(=C/C1C=CC=CC1)N1C=CC1. The summed E-state index contributed by atoms with van der Waals surface area (Å²) in [7, 11) is 0. The fourth-order valence-electron chi connectivity index (χ4n) is 3.18. The van der Waals surface area contributed by atoms with E-state index < -0.39 is 0 Å². The summed E-state index contributed by atoms with van der Waals surface area (Å²) in [6, 6.07) is 0. The minimum Gasteiger partial charge on any atom is -0.348 e. The summed E-state index contributed by atoms with van der Waals surface area (Å²) in [5, 5.41) is 0. The quantitative estimate of drug-likeness (QED) is 0.679. The van der Waals surface area contributed by atoms with E-state index in [-0.39, 0.29) is 0 Å². The molecule has 1 aliphatic heterocycles. The monoisotopic (exact) mass is 291 g/mol. The second-order valence-electron chi connectivity index (χ2n) is 6.45. The summed E-state index contributed by atoms with van der Waals surface area (Å²) in [6.45, 7) is 5.40. The molecule has 1 heterocycles. The fraction of sp³-hybridized carbons (Fsp3) is 0.333. The third-order valence-corrected chi connectivity index (χ3v) is 4.33. The number of allylic oxidation sites excluding steroid dienone is 11. The number of nitrogens with zero attached hydrogens (tertiary/aromatic N) is 1. The van der Waals surface area contributed by atoms with Gasteiger partial charge in [-0.2, -0.15) is 0 Å². The van der Waals surface area contributed by atoms with Crippen LogP contribution >= 0.6 is 0 Å². The molecule has 0 spiro atoms. The lowest BCUT2D eigenvalue weighted by atomic mass is 9.84. The molecule has 0 aromatic heterocycles. The molecule has 22 heavy (non-hydrogen) atoms. The molecule has 2 atom stereocenters. The van der Waals surface area contributed by atoms with Crippen molar-refractivity contribution in [2.24, 2.45) is 11.8 Å². The Balaban J connectivity index is 1.90. The fourth-order valence-corrected chi connectivity index (χ4v) is 3.18. The highest BCUT2D eigenvalue weighted by molar-refractivity contribution is 5.39. The molecular weight excluding hydrogens is 266 g/mol. The van der Waals surface area contributed by atoms with Gasteiger partial charge >= 0.3 is 0 Å². The molecule has 0 N–H and O–H groups in total. The van der Waals surface area contributed by atoms with Gasteiger partial charge in [0.15, 0.2) is 0 Å². The first kappa shape index (κ1) is 14.9. The van der Waals surface area contributed by atoms with Gasteiger partial charge in [0.2, 0.25) is 0 Å². The largest absolute Gasteiger partial charge is 0.348 e. The van der Waals surface area contributed by atoms with Crippen LogP contribution in [0.4, 0.5) is 0 Å². The van der Waals surface area contributed by atoms with Crippen LogP contribution in [0, 0.1) is 11.8 Å². The van der Waals surface area contributed by atoms with E-state index in [2.05, 4.69) is 85.7 Å². The number of hydrogen-bond acceptors (Lipinski definition) is 1. The van der Waals surface area contributed by atoms with Crippen LogP contribution in [0.3, 0.4) is 0 Å². The van der Waals surface area contributed by atoms with Crippen LogP contribution < -0.4 is 0 Å². The minimum absolute atomic E-state index is 0.476. The van der Waals surface area contributed by atoms with Gasteiger partial charge in [0.1, 0.15) is 0 Å². The number of rotatable bonds is 4. The van der Waals surface area contributed by atoms with Crippen molar-refractivity contribution < 1.29 is 0 Å². The van der Waals surface area contributed by atoms with E-state index in [1.165, 1.54) is 16.8 Å². The molecule has 0 saturated carbocycles. The second kappa shape index (κ2) is 6.83. The molecule has 0 fully saturated rings. The predicted molar refractivity (Wildman–Crippen MR) is 95.1 cm³/mol. The molecule has 0 saturated heterocycles. The maximum absolute atomic E-state index is 2.47. The van der Waals surface area contributed by atoms with E-state index in [9.17, 15) is 0 Å². The highest BCUT2D eigenvalue weighted by Gasteiger charge is 2.24. The first-order valence-corrected chi connectivity index (χ1v) is 8.24. The van der Waals surface area contributed by atoms with Gasteiger partial charge < -0.3 is 4.90 Å². The molecule has 0 amide bonds. The van der Waals surface area contributed by atoms with Crippen LogP contribution in [0.15, 0.2) is 83.8 Å². The molecule has 1 nitrogen and oxygen atoms in total. The van der Waals surface area contributed by atoms with Crippen molar-refractivity contribution in [3.63, 3.8) is 0 Å². The zero-order valence-electron chi connectivity index (χ0n) is 13.6. The maximum atomic E-state index is 2.47. The first-order chi connectivity index (χ1) is 10.7. The molecule has 1 heteroatoms. The second-order valence-corrected chi connectivity index (χ2v) is 6.45. The summed E-state index contributed by atoms with van der Waals surface area (Å²) >= 11 is 0. The summed E-state index contributed by atoms with van der Waals surface area (Å²) in [4.78, 5) is 2.41. The maximum Gasteiger partial charge on any atom is 0.0420 e. The Hall–Kier alpha value is -2.02. The Morgan fingerprint density at radius 3 is 2.55 bits per heavy atom. The van der Waals surface area contributed by atoms with Gasteiger partial charge in [-0.05, 0) is 38.3 Å². The van der Waals surface area contributed by atoms with E-state index in [4.69, 9.17) is 0 Å². The van der Waals surface area contributed by atoms with E-state index in [1.54, 1.807) is 0 Å². The lowest BCUT2D eigenvalue weighted by Gasteiger charge is -2.35. The van der Waals surface area contributed by atoms with Gasteiger partial charge in [-0.3, -0.25) is 0 Å². The van der Waals surface area contributed by atoms with Gasteiger partial charge in [0, 0.05) is 30.3 Å². The van der Waals surface area contributed by atoms with E-state index in [0.29, 0.717) is 11.8 Å². The third kappa shape index (κ3) is 3.41. The van der Waals surface area contributed by atoms with Crippen molar-refractivity contribution in [1.29, 1.82) is 0 Å². The van der Waals surface area contributed by atoms with Crippen LogP contribution in [-0.2, 0) is 0 Å². The predicted octanol–water partition coefficient (Wildman–Crippen LogP) is 5.30. The summed E-state index contributed by atoms with van der Waals surface area (Å²) < 4.78 is 0. The van der Waals surface area contributed by atoms with Crippen molar-refractivity contribution in [3.8, 4) is 0 Å². The van der Waals surface area contributed by atoms with Gasteiger partial charge in [-0.1, -0.05) is 60.3 Å². The zero-order valence-corrected chi connectivity index (χ0v) is 13.6. The minimum atomic E-state index is 0.476. The van der Waals surface area contributed by atoms with Crippen molar-refractivity contribution in [2.45, 2.75) is 26.7 Å². The smallest absolute Gasteiger partial charge is 0.0420 e. The standard InChI is InChI=1S/C21H25N/c1-17(2)15-19-11-6-7-12-20(19)21(22-13-8-14-22)16-18-9-4-3-5-10-18/h3-9,11,13,15-16,18,20H,10,12,14H2,1-2H3/b21-16-. The van der Waals surface area contributed by atoms with Crippen LogP contribution in [0.2, 0.25) is 0 Å². The van der Waals surface area contributed by atoms with Crippen LogP contribution in [0.25, 0.3) is 0 Å². The average Bonchev–Trinajstić information content (AvgIpc) is 2.46. The lowest BCUT2D eigenvalue weighted by molar-refractivity contribution is 0.407. The normalized spacial score (nSPS) is 26.7. The average molecular weight is 291 g/mol. The van der Waals surface area contributed by atoms with Crippen molar-refractivity contribution in [2.75, 3.05) is 6.54 Å². The van der Waals surface area contributed by atoms with Gasteiger partial charge in [0.05, 0.1) is 0 Å². The highest BCUT2D eigenvalue weighted by atomic mass is 15.2. The van der Waals surface area contributed by atoms with Crippen LogP contribution in [0.1, 0.15) is 26.7 Å². The Morgan fingerprint density at radius 1 is 1.09 bits per heavy atom. The Bertz CT molecular complexity index is 618. The first-order valence-electron chi connectivity index (χ1n) is 8.24. The Kier molecular flexibility index (Phi) is 4.62. The Morgan fingerprint density at radius 2 is 1.91 bits per heavy atom. The van der Waals surface area contributed by atoms with Crippen LogP contribution in [0.5, 0.6) is 0 Å². The van der Waals surface area contributed by atoms with E-state index in [0.717, 1.165) is 19.4 Å². The molecule has 114 valence electrons. The summed E-state index contributed by atoms with van der Waals surface area (Å²) in [5.41, 5.74) is 4.26. The summed E-state index contributed by atoms with van der Waals surface area (Å²) in [5.74, 6) is 0.997. The molecule has 0 radical (unpaired) electrons. The lowest BCUT2D eigenvalue weighted by Crippen LogP contribution is -2.29. The number of hydrogen-bond donors (Lipinski definition) is 0. The Labute approximate surface area is 134 Å². The van der Waals surface area contributed by atoms with Crippen molar-refractivity contribution in [1.82, 2.24) is 4.90 Å². The van der Waals surface area contributed by atoms with E-state index >= 15 is 0 Å². The topological polar surface area (TPSA) is 3.24 Å². The van der Waals surface area contributed by atoms with Gasteiger partial charge in [-0.25, -0.2) is 0 Å². The van der Waals surface area contributed by atoms with Crippen molar-refractivity contribution >= 4 is 0 Å². The van der Waals surface area contributed by atoms with Crippen LogP contribution in [-0.4, -0.2) is 11.4 Å². The molecule has 3 aliphatic rings. The molecule has 2 unspecified atom stereocenters. The molecule has 0 aromatic rings. The van der Waals surface area contributed by atoms with Crippen molar-refractivity contribution in [3.05, 3.63) is 83.8 Å². The molecule has 0 aromatic carbocycles.